The van der Waals surface area contributed by atoms with Crippen molar-refractivity contribution in [3.8, 4) is 6.07 Å². The SMILES string of the molecule is CC(CCCC(=O)O)Nc1nccc(C#N)n1. The summed E-state index contributed by atoms with van der Waals surface area (Å²) in [4.78, 5) is 18.3. The minimum atomic E-state index is -0.792. The number of aliphatic carboxylic acids is 1. The smallest absolute Gasteiger partial charge is 0.303 e. The lowest BCUT2D eigenvalue weighted by molar-refractivity contribution is -0.137. The zero-order valence-corrected chi connectivity index (χ0v) is 9.55. The van der Waals surface area contributed by atoms with Gasteiger partial charge in [0, 0.05) is 18.7 Å². The summed E-state index contributed by atoms with van der Waals surface area (Å²) in [5, 5.41) is 20.2. The van der Waals surface area contributed by atoms with E-state index in [0.29, 0.717) is 24.5 Å². The Bertz CT molecular complexity index is 428. The number of hydrogen-bond acceptors (Lipinski definition) is 5. The molecule has 1 aromatic rings. The molecule has 0 radical (unpaired) electrons. The van der Waals surface area contributed by atoms with Gasteiger partial charge in [-0.3, -0.25) is 4.79 Å². The van der Waals surface area contributed by atoms with E-state index in [1.165, 1.54) is 12.3 Å². The van der Waals surface area contributed by atoms with Gasteiger partial charge in [-0.05, 0) is 25.8 Å². The number of nitriles is 1. The van der Waals surface area contributed by atoms with E-state index in [2.05, 4.69) is 15.3 Å². The third-order valence-corrected chi connectivity index (χ3v) is 2.17. The molecule has 1 aromatic heterocycles. The highest BCUT2D eigenvalue weighted by atomic mass is 16.4. The molecule has 0 bridgehead atoms. The molecule has 17 heavy (non-hydrogen) atoms. The van der Waals surface area contributed by atoms with Gasteiger partial charge in [0.25, 0.3) is 0 Å². The average molecular weight is 234 g/mol. The highest BCUT2D eigenvalue weighted by Gasteiger charge is 2.06. The highest BCUT2D eigenvalue weighted by Crippen LogP contribution is 2.07. The van der Waals surface area contributed by atoms with Gasteiger partial charge >= 0.3 is 5.97 Å². The number of carboxylic acid groups (broad SMARTS) is 1. The molecule has 0 saturated carbocycles. The Morgan fingerprint density at radius 1 is 1.71 bits per heavy atom. The monoisotopic (exact) mass is 234 g/mol. The molecule has 0 aliphatic carbocycles. The third kappa shape index (κ3) is 4.93. The Morgan fingerprint density at radius 2 is 2.47 bits per heavy atom. The van der Waals surface area contributed by atoms with Gasteiger partial charge < -0.3 is 10.4 Å². The number of anilines is 1. The molecule has 6 nitrogen and oxygen atoms in total. The fourth-order valence-electron chi connectivity index (χ4n) is 1.34. The molecule has 0 fully saturated rings. The zero-order chi connectivity index (χ0) is 12.7. The first-order valence-electron chi connectivity index (χ1n) is 5.33. The predicted molar refractivity (Wildman–Crippen MR) is 61.3 cm³/mol. The Labute approximate surface area is 99.3 Å². The molecule has 1 unspecified atom stereocenters. The van der Waals surface area contributed by atoms with E-state index < -0.39 is 5.97 Å². The van der Waals surface area contributed by atoms with Gasteiger partial charge in [-0.1, -0.05) is 0 Å². The van der Waals surface area contributed by atoms with E-state index in [-0.39, 0.29) is 12.5 Å². The number of hydrogen-bond donors (Lipinski definition) is 2. The molecule has 0 aromatic carbocycles. The maximum absolute atomic E-state index is 10.3. The maximum Gasteiger partial charge on any atom is 0.303 e. The summed E-state index contributed by atoms with van der Waals surface area (Å²) >= 11 is 0. The van der Waals surface area contributed by atoms with Crippen molar-refractivity contribution in [2.75, 3.05) is 5.32 Å². The Morgan fingerprint density at radius 3 is 3.12 bits per heavy atom. The van der Waals surface area contributed by atoms with Gasteiger partial charge in [0.15, 0.2) is 0 Å². The van der Waals surface area contributed by atoms with Crippen LogP contribution in [0.5, 0.6) is 0 Å². The lowest BCUT2D eigenvalue weighted by Crippen LogP contribution is -2.17. The molecular weight excluding hydrogens is 220 g/mol. The van der Waals surface area contributed by atoms with E-state index >= 15 is 0 Å². The number of aromatic nitrogens is 2. The second kappa shape index (κ2) is 6.43. The topological polar surface area (TPSA) is 98.9 Å². The molecule has 0 aliphatic heterocycles. The van der Waals surface area contributed by atoms with Crippen LogP contribution in [0.25, 0.3) is 0 Å². The van der Waals surface area contributed by atoms with Crippen molar-refractivity contribution in [1.82, 2.24) is 9.97 Å². The number of rotatable bonds is 6. The largest absolute Gasteiger partial charge is 0.481 e. The molecule has 1 rings (SSSR count). The molecule has 1 heterocycles. The molecule has 0 saturated heterocycles. The lowest BCUT2D eigenvalue weighted by Gasteiger charge is -2.12. The van der Waals surface area contributed by atoms with E-state index in [1.807, 2.05) is 13.0 Å². The van der Waals surface area contributed by atoms with Crippen molar-refractivity contribution in [1.29, 1.82) is 5.26 Å². The van der Waals surface area contributed by atoms with Crippen LogP contribution in [0.4, 0.5) is 5.95 Å². The van der Waals surface area contributed by atoms with Crippen molar-refractivity contribution in [2.45, 2.75) is 32.2 Å². The summed E-state index contributed by atoms with van der Waals surface area (Å²) in [6.45, 7) is 1.92. The van der Waals surface area contributed by atoms with Crippen LogP contribution in [-0.4, -0.2) is 27.1 Å². The average Bonchev–Trinajstić information content (AvgIpc) is 2.28. The van der Waals surface area contributed by atoms with Gasteiger partial charge in [0.05, 0.1) is 0 Å². The van der Waals surface area contributed by atoms with Crippen LogP contribution in [0.15, 0.2) is 12.3 Å². The van der Waals surface area contributed by atoms with Gasteiger partial charge in [-0.25, -0.2) is 9.97 Å². The van der Waals surface area contributed by atoms with Gasteiger partial charge in [0.1, 0.15) is 11.8 Å². The highest BCUT2D eigenvalue weighted by molar-refractivity contribution is 5.66. The van der Waals surface area contributed by atoms with Crippen molar-refractivity contribution >= 4 is 11.9 Å². The molecule has 0 amide bonds. The van der Waals surface area contributed by atoms with Crippen molar-refractivity contribution < 1.29 is 9.90 Å². The van der Waals surface area contributed by atoms with Crippen molar-refractivity contribution in [2.24, 2.45) is 0 Å². The first-order valence-corrected chi connectivity index (χ1v) is 5.33. The number of nitrogens with one attached hydrogen (secondary N) is 1. The quantitative estimate of drug-likeness (QED) is 0.771. The van der Waals surface area contributed by atoms with E-state index in [1.54, 1.807) is 0 Å². The molecule has 0 spiro atoms. The Hall–Kier alpha value is -2.16. The van der Waals surface area contributed by atoms with Crippen molar-refractivity contribution in [3.05, 3.63) is 18.0 Å². The summed E-state index contributed by atoms with van der Waals surface area (Å²) in [6, 6.07) is 3.53. The van der Waals surface area contributed by atoms with Crippen molar-refractivity contribution in [3.63, 3.8) is 0 Å². The maximum atomic E-state index is 10.3. The van der Waals surface area contributed by atoms with Gasteiger partial charge in [-0.15, -0.1) is 0 Å². The van der Waals surface area contributed by atoms with Crippen LogP contribution in [0.3, 0.4) is 0 Å². The van der Waals surface area contributed by atoms with E-state index in [9.17, 15) is 4.79 Å². The van der Waals surface area contributed by atoms with E-state index in [0.717, 1.165) is 0 Å². The van der Waals surface area contributed by atoms with Gasteiger partial charge in [0.2, 0.25) is 5.95 Å². The lowest BCUT2D eigenvalue weighted by atomic mass is 10.1. The standard InChI is InChI=1S/C11H14N4O2/c1-8(3-2-4-10(16)17)14-11-13-6-5-9(7-12)15-11/h5-6,8H,2-4H2,1H3,(H,16,17)(H,13,14,15). The Balaban J connectivity index is 2.42. The number of carbonyl (C=O) groups is 1. The molecule has 0 aliphatic rings. The third-order valence-electron chi connectivity index (χ3n) is 2.17. The summed E-state index contributed by atoms with van der Waals surface area (Å²) in [5.74, 6) is -0.396. The second-order valence-corrected chi connectivity index (χ2v) is 3.71. The fourth-order valence-corrected chi connectivity index (χ4v) is 1.34. The van der Waals surface area contributed by atoms with Gasteiger partial charge in [-0.2, -0.15) is 5.26 Å². The molecule has 2 N–H and O–H groups in total. The normalized spacial score (nSPS) is 11.5. The zero-order valence-electron chi connectivity index (χ0n) is 9.55. The fraction of sp³-hybridized carbons (Fsp3) is 0.455. The molecule has 1 atom stereocenters. The molecule has 6 heteroatoms. The first-order chi connectivity index (χ1) is 8.11. The van der Waals surface area contributed by atoms with Crippen LogP contribution in [0.1, 0.15) is 31.9 Å². The number of carboxylic acids is 1. The second-order valence-electron chi connectivity index (χ2n) is 3.71. The summed E-state index contributed by atoms with van der Waals surface area (Å²) < 4.78 is 0. The molecular formula is C11H14N4O2. The summed E-state index contributed by atoms with van der Waals surface area (Å²) in [7, 11) is 0. The predicted octanol–water partition coefficient (Wildman–Crippen LogP) is 1.40. The van der Waals surface area contributed by atoms with E-state index in [4.69, 9.17) is 10.4 Å². The van der Waals surface area contributed by atoms with Crippen LogP contribution in [0, 0.1) is 11.3 Å². The van der Waals surface area contributed by atoms with Crippen LogP contribution in [-0.2, 0) is 4.79 Å². The van der Waals surface area contributed by atoms with Crippen LogP contribution < -0.4 is 5.32 Å². The first kappa shape index (κ1) is 12.9. The molecule has 90 valence electrons. The van der Waals surface area contributed by atoms with Crippen LogP contribution >= 0.6 is 0 Å². The summed E-state index contributed by atoms with van der Waals surface area (Å²) in [6.07, 6.45) is 2.98. The Kier molecular flexibility index (Phi) is 4.88. The summed E-state index contributed by atoms with van der Waals surface area (Å²) in [5.41, 5.74) is 0.306. The number of nitrogens with zero attached hydrogens (tertiary/aromatic N) is 3. The minimum absolute atomic E-state index is 0.0725. The minimum Gasteiger partial charge on any atom is -0.481 e. The van der Waals surface area contributed by atoms with Crippen LogP contribution in [0.2, 0.25) is 0 Å².